The predicted molar refractivity (Wildman–Crippen MR) is 91.1 cm³/mol. The van der Waals surface area contributed by atoms with Crippen LogP contribution in [0.3, 0.4) is 0 Å². The van der Waals surface area contributed by atoms with Crippen LogP contribution in [-0.4, -0.2) is 24.4 Å². The van der Waals surface area contributed by atoms with Gasteiger partial charge < -0.3 is 10.2 Å². The van der Waals surface area contributed by atoms with Crippen molar-refractivity contribution >= 4 is 17.5 Å². The van der Waals surface area contributed by atoms with Gasteiger partial charge in [0.25, 0.3) is 0 Å². The van der Waals surface area contributed by atoms with E-state index in [0.717, 1.165) is 44.2 Å². The van der Waals surface area contributed by atoms with Crippen molar-refractivity contribution in [1.82, 2.24) is 5.32 Å². The van der Waals surface area contributed by atoms with Crippen LogP contribution in [0.4, 0.5) is 5.69 Å². The third kappa shape index (κ3) is 3.74. The average molecular weight is 314 g/mol. The molecule has 1 atom stereocenters. The van der Waals surface area contributed by atoms with Gasteiger partial charge in [-0.1, -0.05) is 31.0 Å². The number of anilines is 1. The van der Waals surface area contributed by atoms with Crippen molar-refractivity contribution in [1.29, 1.82) is 0 Å². The Morgan fingerprint density at radius 2 is 1.70 bits per heavy atom. The number of carbonyl (C=O) groups excluding carboxylic acids is 2. The minimum Gasteiger partial charge on any atom is -0.352 e. The summed E-state index contributed by atoms with van der Waals surface area (Å²) in [6.45, 7) is 2.53. The summed E-state index contributed by atoms with van der Waals surface area (Å²) in [7, 11) is 0. The molecule has 0 saturated heterocycles. The van der Waals surface area contributed by atoms with Crippen molar-refractivity contribution in [2.75, 3.05) is 11.4 Å². The van der Waals surface area contributed by atoms with Crippen LogP contribution in [0.1, 0.15) is 45.4 Å². The molecule has 2 fully saturated rings. The summed E-state index contributed by atoms with van der Waals surface area (Å²) in [6, 6.07) is 9.76. The molecule has 0 spiro atoms. The van der Waals surface area contributed by atoms with Crippen molar-refractivity contribution in [3.8, 4) is 0 Å². The summed E-state index contributed by atoms with van der Waals surface area (Å²) in [5.41, 5.74) is 0.925. The lowest BCUT2D eigenvalue weighted by Crippen LogP contribution is -2.49. The van der Waals surface area contributed by atoms with Crippen LogP contribution in [-0.2, 0) is 9.59 Å². The minimum atomic E-state index is -0.0349. The van der Waals surface area contributed by atoms with E-state index in [0.29, 0.717) is 6.54 Å². The molecular formula is C19H26N2O2. The molecular weight excluding hydrogens is 288 g/mol. The molecule has 2 saturated carbocycles. The molecule has 0 bridgehead atoms. The number of carbonyl (C=O) groups is 2. The highest BCUT2D eigenvalue weighted by Crippen LogP contribution is 2.30. The van der Waals surface area contributed by atoms with E-state index in [1.54, 1.807) is 0 Å². The zero-order valence-electron chi connectivity index (χ0n) is 13.8. The second-order valence-electron chi connectivity index (χ2n) is 6.95. The highest BCUT2D eigenvalue weighted by molar-refractivity contribution is 5.95. The molecule has 0 heterocycles. The van der Waals surface area contributed by atoms with Gasteiger partial charge in [-0.15, -0.1) is 0 Å². The number of para-hydroxylation sites is 1. The number of rotatable bonds is 6. The molecule has 4 nitrogen and oxygen atoms in total. The van der Waals surface area contributed by atoms with Crippen molar-refractivity contribution in [3.63, 3.8) is 0 Å². The Bertz CT molecular complexity index is 550. The van der Waals surface area contributed by atoms with Gasteiger partial charge >= 0.3 is 0 Å². The summed E-state index contributed by atoms with van der Waals surface area (Å²) in [5.74, 6) is 0.690. The number of nitrogens with one attached hydrogen (secondary N) is 1. The third-order valence-corrected chi connectivity index (χ3v) is 5.11. The Labute approximate surface area is 138 Å². The molecule has 0 aliphatic heterocycles. The van der Waals surface area contributed by atoms with Gasteiger partial charge in [0.1, 0.15) is 0 Å². The smallest absolute Gasteiger partial charge is 0.230 e. The Morgan fingerprint density at radius 3 is 2.22 bits per heavy atom. The van der Waals surface area contributed by atoms with E-state index in [9.17, 15) is 9.59 Å². The van der Waals surface area contributed by atoms with E-state index in [4.69, 9.17) is 0 Å². The number of benzene rings is 1. The first-order valence-corrected chi connectivity index (χ1v) is 8.82. The topological polar surface area (TPSA) is 49.4 Å². The van der Waals surface area contributed by atoms with Crippen molar-refractivity contribution in [3.05, 3.63) is 30.3 Å². The standard InChI is InChI=1S/C19H26N2O2/c1-14(20-18(22)15-7-5-8-15)13-21(17-11-3-2-4-12-17)19(23)16-9-6-10-16/h2-4,11-12,14-16H,5-10,13H2,1H3,(H,20,22)/t14-/m0/s1. The Hall–Kier alpha value is -1.84. The molecule has 3 rings (SSSR count). The molecule has 0 aromatic heterocycles. The van der Waals surface area contributed by atoms with E-state index in [-0.39, 0.29) is 29.7 Å². The second kappa shape index (κ2) is 7.16. The number of nitrogens with zero attached hydrogens (tertiary/aromatic N) is 1. The lowest BCUT2D eigenvalue weighted by Gasteiger charge is -2.34. The van der Waals surface area contributed by atoms with Gasteiger partial charge in [-0.3, -0.25) is 9.59 Å². The van der Waals surface area contributed by atoms with Crippen LogP contribution in [0.15, 0.2) is 30.3 Å². The fraction of sp³-hybridized carbons (Fsp3) is 0.579. The third-order valence-electron chi connectivity index (χ3n) is 5.11. The maximum atomic E-state index is 12.8. The van der Waals surface area contributed by atoms with Gasteiger partial charge in [0.05, 0.1) is 0 Å². The monoisotopic (exact) mass is 314 g/mol. The van der Waals surface area contributed by atoms with E-state index in [1.807, 2.05) is 42.2 Å². The summed E-state index contributed by atoms with van der Waals surface area (Å²) in [5, 5.41) is 3.08. The van der Waals surface area contributed by atoms with Crippen LogP contribution in [0.2, 0.25) is 0 Å². The average Bonchev–Trinajstić information content (AvgIpc) is 2.41. The lowest BCUT2D eigenvalue weighted by atomic mass is 9.84. The van der Waals surface area contributed by atoms with Gasteiger partial charge in [-0.2, -0.15) is 0 Å². The molecule has 2 aliphatic rings. The zero-order valence-corrected chi connectivity index (χ0v) is 13.8. The molecule has 0 unspecified atom stereocenters. The highest BCUT2D eigenvalue weighted by Gasteiger charge is 2.32. The van der Waals surface area contributed by atoms with E-state index in [1.165, 1.54) is 0 Å². The quantitative estimate of drug-likeness (QED) is 0.877. The van der Waals surface area contributed by atoms with Crippen molar-refractivity contribution in [2.24, 2.45) is 11.8 Å². The van der Waals surface area contributed by atoms with Gasteiger partial charge in [-0.05, 0) is 44.7 Å². The van der Waals surface area contributed by atoms with Crippen molar-refractivity contribution in [2.45, 2.75) is 51.5 Å². The van der Waals surface area contributed by atoms with Gasteiger partial charge in [0.15, 0.2) is 0 Å². The summed E-state index contributed by atoms with van der Waals surface area (Å²) >= 11 is 0. The first-order valence-electron chi connectivity index (χ1n) is 8.82. The molecule has 2 amide bonds. The van der Waals surface area contributed by atoms with E-state index >= 15 is 0 Å². The minimum absolute atomic E-state index is 0.0349. The molecule has 4 heteroatoms. The highest BCUT2D eigenvalue weighted by atomic mass is 16.2. The summed E-state index contributed by atoms with van der Waals surface area (Å²) in [6.07, 6.45) is 6.29. The Kier molecular flexibility index (Phi) is 4.99. The van der Waals surface area contributed by atoms with Crippen LogP contribution >= 0.6 is 0 Å². The number of amides is 2. The molecule has 23 heavy (non-hydrogen) atoms. The largest absolute Gasteiger partial charge is 0.352 e. The maximum absolute atomic E-state index is 12.8. The molecule has 1 aromatic rings. The summed E-state index contributed by atoms with van der Waals surface area (Å²) in [4.78, 5) is 26.7. The molecule has 2 aliphatic carbocycles. The second-order valence-corrected chi connectivity index (χ2v) is 6.95. The van der Waals surface area contributed by atoms with E-state index in [2.05, 4.69) is 5.32 Å². The van der Waals surface area contributed by atoms with E-state index < -0.39 is 0 Å². The fourth-order valence-corrected chi connectivity index (χ4v) is 3.16. The zero-order chi connectivity index (χ0) is 16.2. The SMILES string of the molecule is C[C@@H](CN(C(=O)C1CCC1)c1ccccc1)NC(=O)C1CCC1. The van der Waals surface area contributed by atoms with Crippen LogP contribution in [0, 0.1) is 11.8 Å². The molecule has 124 valence electrons. The van der Waals surface area contributed by atoms with Gasteiger partial charge in [-0.25, -0.2) is 0 Å². The lowest BCUT2D eigenvalue weighted by molar-refractivity contribution is -0.128. The first-order chi connectivity index (χ1) is 11.1. The van der Waals surface area contributed by atoms with Gasteiger partial charge in [0, 0.05) is 30.1 Å². The van der Waals surface area contributed by atoms with Crippen LogP contribution in [0.5, 0.6) is 0 Å². The van der Waals surface area contributed by atoms with Gasteiger partial charge in [0.2, 0.25) is 11.8 Å². The predicted octanol–water partition coefficient (Wildman–Crippen LogP) is 3.12. The summed E-state index contributed by atoms with van der Waals surface area (Å²) < 4.78 is 0. The van der Waals surface area contributed by atoms with Crippen LogP contribution < -0.4 is 10.2 Å². The van der Waals surface area contributed by atoms with Crippen molar-refractivity contribution < 1.29 is 9.59 Å². The maximum Gasteiger partial charge on any atom is 0.230 e. The number of hydrogen-bond acceptors (Lipinski definition) is 2. The molecule has 1 N–H and O–H groups in total. The fourth-order valence-electron chi connectivity index (χ4n) is 3.16. The Balaban J connectivity index is 1.65. The molecule has 0 radical (unpaired) electrons. The van der Waals surface area contributed by atoms with Crippen LogP contribution in [0.25, 0.3) is 0 Å². The molecule has 1 aromatic carbocycles. The Morgan fingerprint density at radius 1 is 1.09 bits per heavy atom. The number of hydrogen-bond donors (Lipinski definition) is 1. The normalized spacial score (nSPS) is 19.3. The first kappa shape index (κ1) is 16.0.